The minimum atomic E-state index is -0.694. The highest BCUT2D eigenvalue weighted by molar-refractivity contribution is 6.15. The quantitative estimate of drug-likeness (QED) is 0.614. The first kappa shape index (κ1) is 19.3. The Morgan fingerprint density at radius 1 is 1.29 bits per heavy atom. The Labute approximate surface area is 161 Å². The van der Waals surface area contributed by atoms with Gasteiger partial charge >= 0.3 is 6.03 Å². The van der Waals surface area contributed by atoms with Crippen LogP contribution in [0.1, 0.15) is 31.1 Å². The summed E-state index contributed by atoms with van der Waals surface area (Å²) in [6, 6.07) is 7.13. The first-order chi connectivity index (χ1) is 13.3. The van der Waals surface area contributed by atoms with Crippen LogP contribution in [-0.2, 0) is 9.59 Å². The van der Waals surface area contributed by atoms with Gasteiger partial charge in [-0.3, -0.25) is 9.59 Å². The Balaban J connectivity index is 1.72. The van der Waals surface area contributed by atoms with E-state index >= 15 is 0 Å². The molecule has 0 aliphatic carbocycles. The van der Waals surface area contributed by atoms with Crippen molar-refractivity contribution >= 4 is 29.6 Å². The number of hydrogen-bond donors (Lipinski definition) is 2. The molecule has 1 aromatic heterocycles. The van der Waals surface area contributed by atoms with Crippen LogP contribution in [-0.4, -0.2) is 33.9 Å². The van der Waals surface area contributed by atoms with Gasteiger partial charge in [-0.15, -0.1) is 0 Å². The molecule has 8 heteroatoms. The summed E-state index contributed by atoms with van der Waals surface area (Å²) < 4.78 is 15.7. The number of nitrogens with one attached hydrogen (secondary N) is 2. The average molecular weight is 384 g/mol. The predicted octanol–water partition coefficient (Wildman–Crippen LogP) is 3.05. The number of benzene rings is 1. The van der Waals surface area contributed by atoms with E-state index in [1.165, 1.54) is 18.2 Å². The zero-order chi connectivity index (χ0) is 20.4. The van der Waals surface area contributed by atoms with Crippen molar-refractivity contribution in [1.82, 2.24) is 14.8 Å². The van der Waals surface area contributed by atoms with Gasteiger partial charge in [-0.2, -0.15) is 0 Å². The molecule has 1 saturated heterocycles. The topological polar surface area (TPSA) is 83.4 Å². The molecule has 28 heavy (non-hydrogen) atoms. The highest BCUT2D eigenvalue weighted by atomic mass is 19.1. The fourth-order valence-corrected chi connectivity index (χ4v) is 3.03. The number of carbonyl (C=O) groups excluding carboxylic acids is 3. The Morgan fingerprint density at radius 2 is 2.00 bits per heavy atom. The van der Waals surface area contributed by atoms with Crippen LogP contribution in [0.25, 0.3) is 6.08 Å². The third-order valence-electron chi connectivity index (χ3n) is 4.35. The van der Waals surface area contributed by atoms with Crippen LogP contribution in [0.4, 0.5) is 14.9 Å². The standard InChI is InChI=1S/C20H21FN4O3/c1-12(2)24-10-14(8-13(24)3)9-17-19(27)25(20(28)23-17)11-18(26)22-16-7-5-4-6-15(16)21/h4-10,12H,11H2,1-3H3,(H,22,26)(H,23,28)/b17-9+. The van der Waals surface area contributed by atoms with E-state index in [1.54, 1.807) is 12.1 Å². The zero-order valence-corrected chi connectivity index (χ0v) is 15.8. The molecule has 2 N–H and O–H groups in total. The van der Waals surface area contributed by atoms with Gasteiger partial charge in [-0.25, -0.2) is 14.1 Å². The molecule has 2 aromatic rings. The minimum Gasteiger partial charge on any atom is -0.349 e. The third-order valence-corrected chi connectivity index (χ3v) is 4.35. The van der Waals surface area contributed by atoms with Crippen molar-refractivity contribution in [2.75, 3.05) is 11.9 Å². The number of amides is 4. The predicted molar refractivity (Wildman–Crippen MR) is 103 cm³/mol. The number of rotatable bonds is 5. The van der Waals surface area contributed by atoms with E-state index in [0.29, 0.717) is 0 Å². The number of aryl methyl sites for hydroxylation is 1. The Bertz CT molecular complexity index is 978. The number of hydrogen-bond acceptors (Lipinski definition) is 3. The fourth-order valence-electron chi connectivity index (χ4n) is 3.03. The van der Waals surface area contributed by atoms with E-state index in [4.69, 9.17) is 0 Å². The van der Waals surface area contributed by atoms with Crippen LogP contribution in [0.15, 0.2) is 42.2 Å². The number of para-hydroxylation sites is 1. The lowest BCUT2D eigenvalue weighted by Crippen LogP contribution is -2.38. The molecule has 4 amide bonds. The summed E-state index contributed by atoms with van der Waals surface area (Å²) in [5.41, 5.74) is 1.87. The first-order valence-electron chi connectivity index (χ1n) is 8.83. The van der Waals surface area contributed by atoms with Crippen LogP contribution in [0.2, 0.25) is 0 Å². The van der Waals surface area contributed by atoms with E-state index in [9.17, 15) is 18.8 Å². The number of aromatic nitrogens is 1. The Hall–Kier alpha value is -3.42. The lowest BCUT2D eigenvalue weighted by atomic mass is 10.2. The van der Waals surface area contributed by atoms with Crippen molar-refractivity contribution in [2.45, 2.75) is 26.8 Å². The second-order valence-corrected chi connectivity index (χ2v) is 6.82. The number of imide groups is 1. The van der Waals surface area contributed by atoms with Crippen molar-refractivity contribution < 1.29 is 18.8 Å². The summed E-state index contributed by atoms with van der Waals surface area (Å²) in [5.74, 6) is -1.88. The molecule has 0 bridgehead atoms. The molecule has 0 radical (unpaired) electrons. The van der Waals surface area contributed by atoms with E-state index in [2.05, 4.69) is 10.6 Å². The molecular weight excluding hydrogens is 363 g/mol. The molecule has 1 fully saturated rings. The summed E-state index contributed by atoms with van der Waals surface area (Å²) in [7, 11) is 0. The van der Waals surface area contributed by atoms with Gasteiger partial charge in [0.25, 0.3) is 5.91 Å². The number of halogens is 1. The number of carbonyl (C=O) groups is 3. The van der Waals surface area contributed by atoms with E-state index in [1.807, 2.05) is 37.6 Å². The van der Waals surface area contributed by atoms with Crippen LogP contribution in [0.5, 0.6) is 0 Å². The molecule has 1 aliphatic heterocycles. The maximum absolute atomic E-state index is 13.6. The fraction of sp³-hybridized carbons (Fsp3) is 0.250. The maximum atomic E-state index is 13.6. The molecule has 0 unspecified atom stereocenters. The molecule has 2 heterocycles. The number of nitrogens with zero attached hydrogens (tertiary/aromatic N) is 2. The largest absolute Gasteiger partial charge is 0.349 e. The van der Waals surface area contributed by atoms with E-state index < -0.39 is 30.2 Å². The molecular formula is C20H21FN4O3. The summed E-state index contributed by atoms with van der Waals surface area (Å²) in [6.45, 7) is 5.53. The van der Waals surface area contributed by atoms with Crippen LogP contribution in [0.3, 0.4) is 0 Å². The van der Waals surface area contributed by atoms with Crippen LogP contribution < -0.4 is 10.6 Å². The Morgan fingerprint density at radius 3 is 2.64 bits per heavy atom. The van der Waals surface area contributed by atoms with Crippen LogP contribution >= 0.6 is 0 Å². The van der Waals surface area contributed by atoms with Gasteiger partial charge in [-0.1, -0.05) is 12.1 Å². The SMILES string of the molecule is Cc1cc(/C=C2/NC(=O)N(CC(=O)Nc3ccccc3F)C2=O)cn1C(C)C. The van der Waals surface area contributed by atoms with Crippen molar-refractivity contribution in [3.05, 3.63) is 59.3 Å². The first-order valence-corrected chi connectivity index (χ1v) is 8.83. The normalized spacial score (nSPS) is 15.5. The summed E-state index contributed by atoms with van der Waals surface area (Å²) in [6.07, 6.45) is 3.46. The number of anilines is 1. The van der Waals surface area contributed by atoms with Crippen molar-refractivity contribution in [1.29, 1.82) is 0 Å². The molecule has 3 rings (SSSR count). The molecule has 146 valence electrons. The van der Waals surface area contributed by atoms with Crippen LogP contribution in [0, 0.1) is 12.7 Å². The lowest BCUT2D eigenvalue weighted by molar-refractivity contribution is -0.127. The monoisotopic (exact) mass is 384 g/mol. The number of urea groups is 1. The van der Waals surface area contributed by atoms with Gasteiger partial charge in [0, 0.05) is 17.9 Å². The van der Waals surface area contributed by atoms with Gasteiger partial charge < -0.3 is 15.2 Å². The van der Waals surface area contributed by atoms with Crippen molar-refractivity contribution in [2.24, 2.45) is 0 Å². The van der Waals surface area contributed by atoms with Crippen molar-refractivity contribution in [3.63, 3.8) is 0 Å². The molecule has 0 saturated carbocycles. The zero-order valence-electron chi connectivity index (χ0n) is 15.8. The molecule has 1 aliphatic rings. The minimum absolute atomic E-state index is 0.0131. The van der Waals surface area contributed by atoms with Crippen molar-refractivity contribution in [3.8, 4) is 0 Å². The molecule has 0 atom stereocenters. The second kappa shape index (κ2) is 7.67. The molecule has 1 aromatic carbocycles. The van der Waals surface area contributed by atoms with Gasteiger partial charge in [0.2, 0.25) is 5.91 Å². The second-order valence-electron chi connectivity index (χ2n) is 6.82. The maximum Gasteiger partial charge on any atom is 0.329 e. The highest BCUT2D eigenvalue weighted by Crippen LogP contribution is 2.19. The van der Waals surface area contributed by atoms with Gasteiger partial charge in [-0.05, 0) is 50.6 Å². The van der Waals surface area contributed by atoms with E-state index in [0.717, 1.165) is 16.2 Å². The smallest absolute Gasteiger partial charge is 0.329 e. The van der Waals surface area contributed by atoms with Gasteiger partial charge in [0.1, 0.15) is 18.1 Å². The summed E-state index contributed by atoms with van der Waals surface area (Å²) >= 11 is 0. The lowest BCUT2D eigenvalue weighted by Gasteiger charge is -2.12. The Kier molecular flexibility index (Phi) is 5.30. The molecule has 7 nitrogen and oxygen atoms in total. The van der Waals surface area contributed by atoms with Gasteiger partial charge in [0.15, 0.2) is 0 Å². The third kappa shape index (κ3) is 3.95. The molecule has 0 spiro atoms. The highest BCUT2D eigenvalue weighted by Gasteiger charge is 2.35. The van der Waals surface area contributed by atoms with Gasteiger partial charge in [0.05, 0.1) is 5.69 Å². The average Bonchev–Trinajstić information content (AvgIpc) is 3.12. The van der Waals surface area contributed by atoms with E-state index in [-0.39, 0.29) is 17.4 Å². The summed E-state index contributed by atoms with van der Waals surface area (Å²) in [5, 5.41) is 4.83. The summed E-state index contributed by atoms with van der Waals surface area (Å²) in [4.78, 5) is 37.5.